The molecule has 0 aliphatic heterocycles. The van der Waals surface area contributed by atoms with Crippen molar-refractivity contribution < 1.29 is 9.90 Å². The predicted octanol–water partition coefficient (Wildman–Crippen LogP) is 3.14. The molecule has 4 heteroatoms. The number of amides is 1. The summed E-state index contributed by atoms with van der Waals surface area (Å²) in [5, 5.41) is 13.4. The second-order valence-corrected chi connectivity index (χ2v) is 4.62. The van der Waals surface area contributed by atoms with E-state index in [1.54, 1.807) is 18.2 Å². The summed E-state index contributed by atoms with van der Waals surface area (Å²) in [4.78, 5) is 12.3. The van der Waals surface area contributed by atoms with Gasteiger partial charge in [0.25, 0.3) is 5.91 Å². The van der Waals surface area contributed by atoms with E-state index in [2.05, 4.69) is 5.32 Å². The van der Waals surface area contributed by atoms with Gasteiger partial charge in [0.2, 0.25) is 0 Å². The van der Waals surface area contributed by atoms with Crippen LogP contribution in [0.1, 0.15) is 10.5 Å². The predicted molar refractivity (Wildman–Crippen MR) is 79.0 cm³/mol. The number of anilines is 1. The number of hydrogen-bond acceptors (Lipinski definition) is 2. The first kappa shape index (κ1) is 12.3. The molecule has 2 N–H and O–H groups in total. The fourth-order valence-electron chi connectivity index (χ4n) is 2.27. The molecule has 0 bridgehead atoms. The minimum absolute atomic E-state index is 0.0552. The lowest BCUT2D eigenvalue weighted by molar-refractivity contribution is 0.101. The number of carbonyl (C=O) groups excluding carboxylic acids is 1. The number of phenolic OH excluding ortho intramolecular Hbond substituents is 1. The Kier molecular flexibility index (Phi) is 2.91. The van der Waals surface area contributed by atoms with Gasteiger partial charge in [0, 0.05) is 18.0 Å². The van der Waals surface area contributed by atoms with Crippen LogP contribution in [0.25, 0.3) is 10.9 Å². The molecule has 0 aliphatic rings. The van der Waals surface area contributed by atoms with Crippen molar-refractivity contribution in [1.82, 2.24) is 4.57 Å². The van der Waals surface area contributed by atoms with Crippen LogP contribution in [0.5, 0.6) is 5.75 Å². The summed E-state index contributed by atoms with van der Waals surface area (Å²) in [6.45, 7) is 0. The van der Waals surface area contributed by atoms with Crippen LogP contribution in [0.3, 0.4) is 0 Å². The minimum Gasteiger partial charge on any atom is -0.506 e. The Morgan fingerprint density at radius 1 is 1.10 bits per heavy atom. The maximum absolute atomic E-state index is 12.3. The molecule has 1 amide bonds. The SMILES string of the molecule is Cn1c(C(=O)Nc2ccccc2O)cc2ccccc21. The van der Waals surface area contributed by atoms with Gasteiger partial charge in [-0.15, -0.1) is 0 Å². The van der Waals surface area contributed by atoms with Crippen LogP contribution < -0.4 is 5.32 Å². The van der Waals surface area contributed by atoms with Crippen molar-refractivity contribution in [3.05, 3.63) is 60.3 Å². The molecule has 1 heterocycles. The number of nitrogens with one attached hydrogen (secondary N) is 1. The van der Waals surface area contributed by atoms with E-state index in [0.717, 1.165) is 10.9 Å². The van der Waals surface area contributed by atoms with Crippen molar-refractivity contribution in [2.24, 2.45) is 7.05 Å². The fourth-order valence-corrected chi connectivity index (χ4v) is 2.27. The Labute approximate surface area is 116 Å². The van der Waals surface area contributed by atoms with E-state index >= 15 is 0 Å². The summed E-state index contributed by atoms with van der Waals surface area (Å²) in [6, 6.07) is 16.3. The molecule has 0 spiro atoms. The molecule has 3 rings (SSSR count). The Bertz CT molecular complexity index is 790. The second-order valence-electron chi connectivity index (χ2n) is 4.62. The average molecular weight is 266 g/mol. The lowest BCUT2D eigenvalue weighted by Gasteiger charge is -2.07. The zero-order chi connectivity index (χ0) is 14.1. The number of aromatic nitrogens is 1. The van der Waals surface area contributed by atoms with E-state index in [4.69, 9.17) is 0 Å². The Morgan fingerprint density at radius 2 is 1.80 bits per heavy atom. The number of para-hydroxylation sites is 3. The van der Waals surface area contributed by atoms with Gasteiger partial charge in [-0.2, -0.15) is 0 Å². The van der Waals surface area contributed by atoms with Crippen molar-refractivity contribution in [1.29, 1.82) is 0 Å². The lowest BCUT2D eigenvalue weighted by Crippen LogP contribution is -2.15. The normalized spacial score (nSPS) is 10.7. The van der Waals surface area contributed by atoms with Gasteiger partial charge in [-0.05, 0) is 24.3 Å². The van der Waals surface area contributed by atoms with Crippen molar-refractivity contribution >= 4 is 22.5 Å². The van der Waals surface area contributed by atoms with E-state index in [9.17, 15) is 9.90 Å². The number of hydrogen-bond donors (Lipinski definition) is 2. The highest BCUT2D eigenvalue weighted by Crippen LogP contribution is 2.24. The van der Waals surface area contributed by atoms with Gasteiger partial charge in [0.1, 0.15) is 11.4 Å². The molecule has 0 fully saturated rings. The van der Waals surface area contributed by atoms with Gasteiger partial charge in [0.05, 0.1) is 5.69 Å². The highest BCUT2D eigenvalue weighted by atomic mass is 16.3. The lowest BCUT2D eigenvalue weighted by atomic mass is 10.2. The molecule has 0 aliphatic carbocycles. The van der Waals surface area contributed by atoms with Crippen LogP contribution in [0.2, 0.25) is 0 Å². The summed E-state index contributed by atoms with van der Waals surface area (Å²) in [6.07, 6.45) is 0. The number of rotatable bonds is 2. The Hall–Kier alpha value is -2.75. The smallest absolute Gasteiger partial charge is 0.272 e. The molecule has 3 aromatic rings. The van der Waals surface area contributed by atoms with E-state index in [1.807, 2.05) is 41.9 Å². The first-order chi connectivity index (χ1) is 9.66. The third-order valence-corrected chi connectivity index (χ3v) is 3.34. The van der Waals surface area contributed by atoms with Gasteiger partial charge >= 0.3 is 0 Å². The zero-order valence-corrected chi connectivity index (χ0v) is 11.0. The van der Waals surface area contributed by atoms with Crippen molar-refractivity contribution in [2.75, 3.05) is 5.32 Å². The van der Waals surface area contributed by atoms with Gasteiger partial charge in [0.15, 0.2) is 0 Å². The number of phenols is 1. The highest BCUT2D eigenvalue weighted by molar-refractivity contribution is 6.06. The summed E-state index contributed by atoms with van der Waals surface area (Å²) < 4.78 is 1.84. The largest absolute Gasteiger partial charge is 0.506 e. The molecule has 0 radical (unpaired) electrons. The maximum Gasteiger partial charge on any atom is 0.272 e. The summed E-state index contributed by atoms with van der Waals surface area (Å²) in [5.74, 6) is -0.190. The molecular weight excluding hydrogens is 252 g/mol. The zero-order valence-electron chi connectivity index (χ0n) is 11.0. The quantitative estimate of drug-likeness (QED) is 0.700. The highest BCUT2D eigenvalue weighted by Gasteiger charge is 2.14. The fraction of sp³-hybridized carbons (Fsp3) is 0.0625. The number of nitrogens with zero attached hydrogens (tertiary/aromatic N) is 1. The molecular formula is C16H14N2O2. The van der Waals surface area contributed by atoms with Crippen LogP contribution in [0.15, 0.2) is 54.6 Å². The van der Waals surface area contributed by atoms with Gasteiger partial charge < -0.3 is 15.0 Å². The molecule has 2 aromatic carbocycles. The van der Waals surface area contributed by atoms with Crippen LogP contribution in [-0.2, 0) is 7.05 Å². The van der Waals surface area contributed by atoms with E-state index in [-0.39, 0.29) is 11.7 Å². The van der Waals surface area contributed by atoms with Crippen LogP contribution in [-0.4, -0.2) is 15.6 Å². The standard InChI is InChI=1S/C16H14N2O2/c1-18-13-8-4-2-6-11(13)10-14(18)16(20)17-12-7-3-5-9-15(12)19/h2-10,19H,1H3,(H,17,20). The van der Waals surface area contributed by atoms with Crippen molar-refractivity contribution in [3.63, 3.8) is 0 Å². The molecule has 0 saturated carbocycles. The molecule has 0 atom stereocenters. The minimum atomic E-state index is -0.245. The molecule has 20 heavy (non-hydrogen) atoms. The monoisotopic (exact) mass is 266 g/mol. The molecule has 1 aromatic heterocycles. The van der Waals surface area contributed by atoms with Crippen molar-refractivity contribution in [3.8, 4) is 5.75 Å². The number of benzene rings is 2. The second kappa shape index (κ2) is 4.74. The Morgan fingerprint density at radius 3 is 2.55 bits per heavy atom. The summed E-state index contributed by atoms with van der Waals surface area (Å²) >= 11 is 0. The summed E-state index contributed by atoms with van der Waals surface area (Å²) in [5.41, 5.74) is 1.95. The third kappa shape index (κ3) is 2.01. The molecule has 100 valence electrons. The van der Waals surface area contributed by atoms with Gasteiger partial charge in [-0.25, -0.2) is 0 Å². The van der Waals surface area contributed by atoms with E-state index < -0.39 is 0 Å². The molecule has 0 unspecified atom stereocenters. The summed E-state index contributed by atoms with van der Waals surface area (Å²) in [7, 11) is 1.85. The third-order valence-electron chi connectivity index (χ3n) is 3.34. The molecule has 4 nitrogen and oxygen atoms in total. The van der Waals surface area contributed by atoms with Crippen LogP contribution in [0, 0.1) is 0 Å². The van der Waals surface area contributed by atoms with Crippen LogP contribution in [0.4, 0.5) is 5.69 Å². The van der Waals surface area contributed by atoms with Crippen molar-refractivity contribution in [2.45, 2.75) is 0 Å². The first-order valence-electron chi connectivity index (χ1n) is 6.30. The number of aromatic hydroxyl groups is 1. The average Bonchev–Trinajstić information content (AvgIpc) is 2.79. The maximum atomic E-state index is 12.3. The van der Waals surface area contributed by atoms with Gasteiger partial charge in [-0.1, -0.05) is 30.3 Å². The number of aryl methyl sites for hydroxylation is 1. The van der Waals surface area contributed by atoms with Gasteiger partial charge in [-0.3, -0.25) is 4.79 Å². The number of fused-ring (bicyclic) bond motifs is 1. The van der Waals surface area contributed by atoms with E-state index in [0.29, 0.717) is 11.4 Å². The Balaban J connectivity index is 1.97. The number of carbonyl (C=O) groups is 1. The topological polar surface area (TPSA) is 54.3 Å². The van der Waals surface area contributed by atoms with Crippen LogP contribution >= 0.6 is 0 Å². The van der Waals surface area contributed by atoms with E-state index in [1.165, 1.54) is 6.07 Å². The molecule has 0 saturated heterocycles. The first-order valence-corrected chi connectivity index (χ1v) is 6.30.